The summed E-state index contributed by atoms with van der Waals surface area (Å²) in [5.41, 5.74) is 1.30. The lowest BCUT2D eigenvalue weighted by Crippen LogP contribution is -2.24. The number of methoxy groups -OCH3 is 1. The summed E-state index contributed by atoms with van der Waals surface area (Å²) in [6, 6.07) is 4.16. The molecule has 1 amide bonds. The van der Waals surface area contributed by atoms with Gasteiger partial charge in [-0.25, -0.2) is 14.4 Å². The number of fused-ring (bicyclic) bond motifs is 1. The fourth-order valence-electron chi connectivity index (χ4n) is 2.64. The number of amides is 1. The van der Waals surface area contributed by atoms with Gasteiger partial charge in [-0.3, -0.25) is 4.79 Å². The third-order valence-corrected chi connectivity index (χ3v) is 5.17. The molecule has 0 atom stereocenters. The zero-order valence-corrected chi connectivity index (χ0v) is 15.7. The topological polar surface area (TPSA) is 96.4 Å². The maximum Gasteiger partial charge on any atom is 0.261 e. The molecule has 2 aromatic heterocycles. The van der Waals surface area contributed by atoms with Crippen LogP contribution in [0.2, 0.25) is 0 Å². The monoisotopic (exact) mass is 390 g/mol. The van der Waals surface area contributed by atoms with Crippen molar-refractivity contribution < 1.29 is 19.0 Å². The van der Waals surface area contributed by atoms with Gasteiger partial charge >= 0.3 is 0 Å². The van der Waals surface area contributed by atoms with E-state index in [9.17, 15) is 9.18 Å². The third-order valence-electron chi connectivity index (χ3n) is 3.97. The number of hydrogen-bond acceptors (Lipinski definition) is 7. The number of carbonyl (C=O) groups excluding carboxylic acids is 1. The van der Waals surface area contributed by atoms with Crippen molar-refractivity contribution in [2.75, 3.05) is 25.6 Å². The van der Waals surface area contributed by atoms with Crippen LogP contribution in [0, 0.1) is 12.7 Å². The molecule has 27 heavy (non-hydrogen) atoms. The normalized spacial score (nSPS) is 10.8. The summed E-state index contributed by atoms with van der Waals surface area (Å²) in [6.45, 7) is 2.24. The Labute approximate surface area is 159 Å². The van der Waals surface area contributed by atoms with E-state index in [0.717, 1.165) is 10.9 Å². The Balaban J connectivity index is 1.97. The highest BCUT2D eigenvalue weighted by atomic mass is 32.1. The molecule has 0 fully saturated rings. The van der Waals surface area contributed by atoms with Crippen molar-refractivity contribution >= 4 is 39.0 Å². The Morgan fingerprint density at radius 2 is 2.19 bits per heavy atom. The quantitative estimate of drug-likeness (QED) is 0.537. The van der Waals surface area contributed by atoms with Crippen LogP contribution < -0.4 is 15.4 Å². The molecule has 0 unspecified atom stereocenters. The summed E-state index contributed by atoms with van der Waals surface area (Å²) in [7, 11) is 1.46. The number of aromatic nitrogens is 2. The molecule has 0 spiro atoms. The zero-order valence-electron chi connectivity index (χ0n) is 14.9. The van der Waals surface area contributed by atoms with Gasteiger partial charge in [-0.2, -0.15) is 0 Å². The fraction of sp³-hybridized carbons (Fsp3) is 0.278. The van der Waals surface area contributed by atoms with Crippen molar-refractivity contribution in [3.8, 4) is 5.75 Å². The molecular formula is C18H19FN4O3S. The lowest BCUT2D eigenvalue weighted by atomic mass is 10.2. The summed E-state index contributed by atoms with van der Waals surface area (Å²) in [5.74, 6) is 0.234. The van der Waals surface area contributed by atoms with Crippen LogP contribution in [0.1, 0.15) is 21.7 Å². The van der Waals surface area contributed by atoms with Crippen LogP contribution in [0.4, 0.5) is 15.9 Å². The Morgan fingerprint density at radius 3 is 2.93 bits per heavy atom. The van der Waals surface area contributed by atoms with Crippen molar-refractivity contribution in [1.29, 1.82) is 0 Å². The van der Waals surface area contributed by atoms with Crippen LogP contribution in [-0.4, -0.2) is 41.2 Å². The van der Waals surface area contributed by atoms with E-state index in [2.05, 4.69) is 20.6 Å². The van der Waals surface area contributed by atoms with Crippen LogP contribution in [0.25, 0.3) is 10.2 Å². The molecule has 0 saturated carbocycles. The highest BCUT2D eigenvalue weighted by Gasteiger charge is 2.19. The molecule has 142 valence electrons. The van der Waals surface area contributed by atoms with Gasteiger partial charge in [0.2, 0.25) is 0 Å². The summed E-state index contributed by atoms with van der Waals surface area (Å²) in [4.78, 5) is 22.1. The van der Waals surface area contributed by atoms with Gasteiger partial charge in [-0.05, 0) is 31.0 Å². The van der Waals surface area contributed by atoms with Crippen molar-refractivity contribution in [3.63, 3.8) is 0 Å². The first kappa shape index (κ1) is 19.0. The number of anilines is 2. The number of aryl methyl sites for hydroxylation is 1. The molecule has 0 aliphatic heterocycles. The number of halogens is 1. The lowest BCUT2D eigenvalue weighted by molar-refractivity contribution is 0.0954. The minimum atomic E-state index is -0.404. The van der Waals surface area contributed by atoms with Crippen LogP contribution in [0.3, 0.4) is 0 Å². The van der Waals surface area contributed by atoms with Gasteiger partial charge in [0, 0.05) is 19.2 Å². The number of aliphatic hydroxyl groups is 1. The van der Waals surface area contributed by atoms with Gasteiger partial charge in [-0.15, -0.1) is 11.3 Å². The Kier molecular flexibility index (Phi) is 5.82. The molecule has 3 aromatic rings. The molecule has 7 nitrogen and oxygen atoms in total. The first-order valence-corrected chi connectivity index (χ1v) is 9.10. The van der Waals surface area contributed by atoms with Gasteiger partial charge in [-0.1, -0.05) is 0 Å². The number of rotatable bonds is 7. The number of ether oxygens (including phenoxy) is 1. The minimum absolute atomic E-state index is 0.0186. The molecule has 0 radical (unpaired) electrons. The molecule has 0 aliphatic rings. The highest BCUT2D eigenvalue weighted by Crippen LogP contribution is 2.36. The number of thiophene rings is 1. The van der Waals surface area contributed by atoms with E-state index in [1.165, 1.54) is 36.9 Å². The van der Waals surface area contributed by atoms with E-state index in [-0.39, 0.29) is 12.5 Å². The van der Waals surface area contributed by atoms with Crippen LogP contribution >= 0.6 is 11.3 Å². The molecule has 9 heteroatoms. The van der Waals surface area contributed by atoms with E-state index >= 15 is 0 Å². The first-order valence-electron chi connectivity index (χ1n) is 8.29. The second-order valence-corrected chi connectivity index (χ2v) is 6.76. The highest BCUT2D eigenvalue weighted by molar-refractivity contribution is 7.20. The van der Waals surface area contributed by atoms with Crippen LogP contribution in [-0.2, 0) is 0 Å². The molecule has 0 saturated heterocycles. The lowest BCUT2D eigenvalue weighted by Gasteiger charge is -2.11. The Hall–Kier alpha value is -2.78. The molecular weight excluding hydrogens is 371 g/mol. The number of benzene rings is 1. The molecule has 0 aliphatic carbocycles. The van der Waals surface area contributed by atoms with Gasteiger partial charge < -0.3 is 20.5 Å². The van der Waals surface area contributed by atoms with Crippen molar-refractivity contribution in [1.82, 2.24) is 15.3 Å². The van der Waals surface area contributed by atoms with Gasteiger partial charge in [0.1, 0.15) is 28.5 Å². The predicted molar refractivity (Wildman–Crippen MR) is 102 cm³/mol. The van der Waals surface area contributed by atoms with E-state index in [0.29, 0.717) is 39.9 Å². The first-order chi connectivity index (χ1) is 13.0. The molecule has 3 rings (SSSR count). The molecule has 2 heterocycles. The van der Waals surface area contributed by atoms with E-state index < -0.39 is 5.82 Å². The average molecular weight is 390 g/mol. The molecule has 1 aromatic carbocycles. The second kappa shape index (κ2) is 8.28. The Bertz CT molecular complexity index is 977. The summed E-state index contributed by atoms with van der Waals surface area (Å²) >= 11 is 1.27. The van der Waals surface area contributed by atoms with Gasteiger partial charge in [0.25, 0.3) is 5.91 Å². The minimum Gasteiger partial charge on any atom is -0.494 e. The molecule has 0 bridgehead atoms. The van der Waals surface area contributed by atoms with E-state index in [1.807, 2.05) is 6.92 Å². The zero-order chi connectivity index (χ0) is 19.4. The summed E-state index contributed by atoms with van der Waals surface area (Å²) < 4.78 is 18.6. The standard InChI is InChI=1S/C18H19FN4O3S/c1-10-14-16(23-12-5-4-11(19)8-13(12)26-2)21-9-22-18(14)27-15(10)17(25)20-6-3-7-24/h4-5,8-9,24H,3,6-7H2,1-2H3,(H,20,25)(H,21,22,23). The summed E-state index contributed by atoms with van der Waals surface area (Å²) in [5, 5.41) is 15.5. The smallest absolute Gasteiger partial charge is 0.261 e. The van der Waals surface area contributed by atoms with E-state index in [1.54, 1.807) is 6.07 Å². The van der Waals surface area contributed by atoms with Crippen molar-refractivity contribution in [2.45, 2.75) is 13.3 Å². The van der Waals surface area contributed by atoms with Gasteiger partial charge in [0.15, 0.2) is 0 Å². The predicted octanol–water partition coefficient (Wildman–Crippen LogP) is 3.00. The van der Waals surface area contributed by atoms with Crippen LogP contribution in [0.5, 0.6) is 5.75 Å². The van der Waals surface area contributed by atoms with Gasteiger partial charge in [0.05, 0.1) is 23.1 Å². The Morgan fingerprint density at radius 1 is 1.37 bits per heavy atom. The number of aliphatic hydroxyl groups excluding tert-OH is 1. The average Bonchev–Trinajstić information content (AvgIpc) is 3.01. The number of nitrogens with one attached hydrogen (secondary N) is 2. The fourth-order valence-corrected chi connectivity index (χ4v) is 3.71. The SMILES string of the molecule is COc1cc(F)ccc1Nc1ncnc2sc(C(=O)NCCCO)c(C)c12. The number of nitrogens with zero attached hydrogens (tertiary/aromatic N) is 2. The number of carbonyl (C=O) groups is 1. The van der Waals surface area contributed by atoms with E-state index in [4.69, 9.17) is 9.84 Å². The summed E-state index contributed by atoms with van der Waals surface area (Å²) in [6.07, 6.45) is 1.90. The van der Waals surface area contributed by atoms with Crippen LogP contribution in [0.15, 0.2) is 24.5 Å². The third kappa shape index (κ3) is 3.99. The van der Waals surface area contributed by atoms with Crippen molar-refractivity contribution in [3.05, 3.63) is 40.8 Å². The maximum atomic E-state index is 13.4. The second-order valence-electron chi connectivity index (χ2n) is 5.76. The largest absolute Gasteiger partial charge is 0.494 e. The number of hydrogen-bond donors (Lipinski definition) is 3. The molecule has 3 N–H and O–H groups in total. The maximum absolute atomic E-state index is 13.4. The van der Waals surface area contributed by atoms with Crippen molar-refractivity contribution in [2.24, 2.45) is 0 Å².